The molecule has 2 aliphatic rings. The maximum atomic E-state index is 14.0. The Balaban J connectivity index is 1.60. The lowest BCUT2D eigenvalue weighted by Gasteiger charge is -2.46. The molecule has 2 aromatic heterocycles. The van der Waals surface area contributed by atoms with Crippen LogP contribution in [0.15, 0.2) is 41.0 Å². The van der Waals surface area contributed by atoms with Crippen molar-refractivity contribution < 1.29 is 14.0 Å². The Morgan fingerprint density at radius 2 is 1.94 bits per heavy atom. The average Bonchev–Trinajstić information content (AvgIpc) is 3.35. The number of anilines is 1. The van der Waals surface area contributed by atoms with Crippen molar-refractivity contribution in [3.63, 3.8) is 0 Å². The van der Waals surface area contributed by atoms with Crippen molar-refractivity contribution in [3.8, 4) is 0 Å². The van der Waals surface area contributed by atoms with Crippen molar-refractivity contribution in [2.45, 2.75) is 72.0 Å². The highest BCUT2D eigenvalue weighted by molar-refractivity contribution is 6.14. The first-order valence-electron chi connectivity index (χ1n) is 12.0. The summed E-state index contributed by atoms with van der Waals surface area (Å²) in [6, 6.07) is 9.79. The normalized spacial score (nSPS) is 27.6. The first-order valence-corrected chi connectivity index (χ1v) is 12.0. The molecule has 0 saturated heterocycles. The van der Waals surface area contributed by atoms with Gasteiger partial charge in [-0.2, -0.15) is 0 Å². The number of nitrogens with zero attached hydrogens (tertiary/aromatic N) is 2. The summed E-state index contributed by atoms with van der Waals surface area (Å²) in [5, 5.41) is 3.36. The third-order valence-electron chi connectivity index (χ3n) is 8.01. The van der Waals surface area contributed by atoms with Gasteiger partial charge < -0.3 is 14.3 Å². The number of amides is 2. The number of carbonyl (C=O) groups excluding carboxylic acids is 2. The number of hydrogen-bond acceptors (Lipinski definition) is 3. The molecular weight excluding hydrogens is 414 g/mol. The second kappa shape index (κ2) is 7.79. The van der Waals surface area contributed by atoms with Crippen LogP contribution in [0.2, 0.25) is 0 Å². The van der Waals surface area contributed by atoms with Crippen LogP contribution in [0.1, 0.15) is 61.6 Å². The Bertz CT molecular complexity index is 1240. The lowest BCUT2D eigenvalue weighted by atomic mass is 9.77. The summed E-state index contributed by atoms with van der Waals surface area (Å²) in [6.07, 6.45) is 4.92. The van der Waals surface area contributed by atoms with Gasteiger partial charge >= 0.3 is 0 Å². The van der Waals surface area contributed by atoms with Crippen LogP contribution in [-0.2, 0) is 11.3 Å². The van der Waals surface area contributed by atoms with E-state index in [1.165, 1.54) is 6.42 Å². The van der Waals surface area contributed by atoms with Crippen LogP contribution in [0.25, 0.3) is 11.1 Å². The van der Waals surface area contributed by atoms with Crippen molar-refractivity contribution in [2.24, 2.45) is 11.8 Å². The highest BCUT2D eigenvalue weighted by atomic mass is 16.3. The summed E-state index contributed by atoms with van der Waals surface area (Å²) in [5.74, 6) is 0.699. The molecule has 1 aliphatic heterocycles. The molecule has 1 saturated carbocycles. The number of fused-ring (bicyclic) bond motifs is 3. The molecule has 33 heavy (non-hydrogen) atoms. The maximum absolute atomic E-state index is 14.0. The predicted octanol–water partition coefficient (Wildman–Crippen LogP) is 5.21. The molecule has 4 atom stereocenters. The number of aryl methyl sites for hydroxylation is 2. The minimum Gasteiger partial charge on any atom is -0.463 e. The van der Waals surface area contributed by atoms with Crippen molar-refractivity contribution in [1.82, 2.24) is 9.88 Å². The van der Waals surface area contributed by atoms with Crippen molar-refractivity contribution in [3.05, 3.63) is 53.4 Å². The standard InChI is InChI=1S/C27H33N3O3/c1-16-9-10-21(18(3)13-16)30-25(31)23-14-24-22(11-12-33-24)29(23)15-27(30,5)26(32)28-20-8-6-7-17(2)19(20)4/h9-14,17,19-20H,6-8,15H2,1-5H3,(H,28,32). The smallest absolute Gasteiger partial charge is 0.276 e. The number of benzene rings is 1. The fourth-order valence-electron chi connectivity index (χ4n) is 5.76. The van der Waals surface area contributed by atoms with E-state index >= 15 is 0 Å². The summed E-state index contributed by atoms with van der Waals surface area (Å²) >= 11 is 0. The van der Waals surface area contributed by atoms with E-state index in [0.717, 1.165) is 35.2 Å². The molecule has 2 amide bonds. The summed E-state index contributed by atoms with van der Waals surface area (Å²) in [4.78, 5) is 29.7. The molecule has 1 fully saturated rings. The number of aromatic nitrogens is 1. The molecule has 4 unspecified atom stereocenters. The van der Waals surface area contributed by atoms with Gasteiger partial charge in [-0.1, -0.05) is 44.4 Å². The van der Waals surface area contributed by atoms with Crippen molar-refractivity contribution >= 4 is 28.6 Å². The number of rotatable bonds is 3. The van der Waals surface area contributed by atoms with Crippen LogP contribution in [0.4, 0.5) is 5.69 Å². The van der Waals surface area contributed by atoms with Gasteiger partial charge in [0.2, 0.25) is 5.91 Å². The summed E-state index contributed by atoms with van der Waals surface area (Å²) in [6.45, 7) is 10.8. The second-order valence-corrected chi connectivity index (χ2v) is 10.3. The molecule has 0 bridgehead atoms. The van der Waals surface area contributed by atoms with Crippen LogP contribution < -0.4 is 10.2 Å². The largest absolute Gasteiger partial charge is 0.463 e. The van der Waals surface area contributed by atoms with Gasteiger partial charge in [0.05, 0.1) is 18.3 Å². The van der Waals surface area contributed by atoms with Gasteiger partial charge in [-0.05, 0) is 50.7 Å². The van der Waals surface area contributed by atoms with Crippen LogP contribution in [-0.4, -0.2) is 28.0 Å². The number of nitrogens with one attached hydrogen (secondary N) is 1. The summed E-state index contributed by atoms with van der Waals surface area (Å²) in [7, 11) is 0. The van der Waals surface area contributed by atoms with E-state index in [0.29, 0.717) is 29.7 Å². The number of furan rings is 1. The number of carbonyl (C=O) groups is 2. The van der Waals surface area contributed by atoms with E-state index in [9.17, 15) is 9.59 Å². The van der Waals surface area contributed by atoms with Crippen molar-refractivity contribution in [2.75, 3.05) is 4.90 Å². The maximum Gasteiger partial charge on any atom is 0.276 e. The lowest BCUT2D eigenvalue weighted by molar-refractivity contribution is -0.128. The van der Waals surface area contributed by atoms with Gasteiger partial charge in [0, 0.05) is 23.9 Å². The van der Waals surface area contributed by atoms with E-state index in [2.05, 4.69) is 25.2 Å². The fraction of sp³-hybridized carbons (Fsp3) is 0.481. The molecule has 1 aliphatic carbocycles. The molecule has 3 heterocycles. The van der Waals surface area contributed by atoms with Crippen LogP contribution >= 0.6 is 0 Å². The molecule has 3 aromatic rings. The third kappa shape index (κ3) is 3.38. The molecule has 6 heteroatoms. The number of hydrogen-bond donors (Lipinski definition) is 1. The molecule has 1 aromatic carbocycles. The first-order chi connectivity index (χ1) is 15.7. The zero-order valence-electron chi connectivity index (χ0n) is 20.1. The van der Waals surface area contributed by atoms with Crippen LogP contribution in [0.3, 0.4) is 0 Å². The molecule has 0 spiro atoms. The Labute approximate surface area is 194 Å². The Kier molecular flexibility index (Phi) is 5.15. The van der Waals surface area contributed by atoms with Gasteiger partial charge in [-0.15, -0.1) is 0 Å². The van der Waals surface area contributed by atoms with E-state index in [4.69, 9.17) is 4.42 Å². The SMILES string of the molecule is Cc1ccc(N2C(=O)c3cc4occc4n3CC2(C)C(=O)NC2CCCC(C)C2C)c(C)c1. The summed E-state index contributed by atoms with van der Waals surface area (Å²) in [5.41, 5.74) is 3.86. The quantitative estimate of drug-likeness (QED) is 0.599. The molecule has 5 rings (SSSR count). The highest BCUT2D eigenvalue weighted by Gasteiger charge is 2.50. The van der Waals surface area contributed by atoms with E-state index in [1.54, 1.807) is 17.2 Å². The van der Waals surface area contributed by atoms with Gasteiger partial charge in [-0.25, -0.2) is 0 Å². The summed E-state index contributed by atoms with van der Waals surface area (Å²) < 4.78 is 7.52. The fourth-order valence-corrected chi connectivity index (χ4v) is 5.76. The highest BCUT2D eigenvalue weighted by Crippen LogP contribution is 2.38. The molecule has 174 valence electrons. The van der Waals surface area contributed by atoms with Crippen LogP contribution in [0.5, 0.6) is 0 Å². The average molecular weight is 448 g/mol. The molecule has 6 nitrogen and oxygen atoms in total. The minimum atomic E-state index is -1.08. The van der Waals surface area contributed by atoms with Gasteiger partial charge in [0.25, 0.3) is 5.91 Å². The lowest BCUT2D eigenvalue weighted by Crippen LogP contribution is -2.66. The van der Waals surface area contributed by atoms with Crippen LogP contribution in [0, 0.1) is 25.7 Å². The van der Waals surface area contributed by atoms with Gasteiger partial charge in [-0.3, -0.25) is 14.5 Å². The zero-order valence-corrected chi connectivity index (χ0v) is 20.1. The third-order valence-corrected chi connectivity index (χ3v) is 8.01. The monoisotopic (exact) mass is 447 g/mol. The zero-order chi connectivity index (χ0) is 23.5. The molecule has 0 radical (unpaired) electrons. The predicted molar refractivity (Wildman–Crippen MR) is 129 cm³/mol. The Morgan fingerprint density at radius 1 is 1.15 bits per heavy atom. The van der Waals surface area contributed by atoms with E-state index in [-0.39, 0.29) is 17.9 Å². The van der Waals surface area contributed by atoms with E-state index < -0.39 is 5.54 Å². The Morgan fingerprint density at radius 3 is 2.70 bits per heavy atom. The molecule has 1 N–H and O–H groups in total. The topological polar surface area (TPSA) is 67.5 Å². The minimum absolute atomic E-state index is 0.0993. The second-order valence-electron chi connectivity index (χ2n) is 10.3. The molecular formula is C27H33N3O3. The first kappa shape index (κ1) is 21.8. The van der Waals surface area contributed by atoms with Gasteiger partial charge in [0.1, 0.15) is 11.2 Å². The van der Waals surface area contributed by atoms with Gasteiger partial charge in [0.15, 0.2) is 5.58 Å². The van der Waals surface area contributed by atoms with Crippen molar-refractivity contribution in [1.29, 1.82) is 0 Å². The Hall–Kier alpha value is -3.02. The van der Waals surface area contributed by atoms with E-state index in [1.807, 2.05) is 43.5 Å².